The van der Waals surface area contributed by atoms with Crippen LogP contribution in [-0.2, 0) is 13.0 Å². The molecular formula is C22H18F6N4O4. The van der Waals surface area contributed by atoms with Gasteiger partial charge in [0.25, 0.3) is 5.91 Å². The van der Waals surface area contributed by atoms with E-state index in [4.69, 9.17) is 4.74 Å². The van der Waals surface area contributed by atoms with Crippen LogP contribution in [0.2, 0.25) is 0 Å². The second kappa shape index (κ2) is 9.24. The van der Waals surface area contributed by atoms with Crippen molar-refractivity contribution >= 4 is 11.6 Å². The third-order valence-electron chi connectivity index (χ3n) is 5.52. The van der Waals surface area contributed by atoms with Crippen molar-refractivity contribution in [2.45, 2.75) is 45.0 Å². The lowest BCUT2D eigenvalue weighted by Gasteiger charge is -2.20. The maximum Gasteiger partial charge on any atom is 0.425 e. The monoisotopic (exact) mass is 516 g/mol. The largest absolute Gasteiger partial charge is 0.508 e. The summed E-state index contributed by atoms with van der Waals surface area (Å²) < 4.78 is 89.6. The second-order valence-electron chi connectivity index (χ2n) is 8.06. The molecule has 1 atom stereocenters. The minimum Gasteiger partial charge on any atom is -0.508 e. The molecule has 0 radical (unpaired) electrons. The van der Waals surface area contributed by atoms with E-state index in [-0.39, 0.29) is 0 Å². The number of phenolic OH excluding ortho intramolecular Hbond substituents is 1. The number of hydrogen-bond donors (Lipinski definition) is 2. The third kappa shape index (κ3) is 4.75. The van der Waals surface area contributed by atoms with E-state index in [0.29, 0.717) is 61.1 Å². The van der Waals surface area contributed by atoms with Gasteiger partial charge in [-0.15, -0.1) is 5.10 Å². The molecule has 1 aromatic heterocycles. The van der Waals surface area contributed by atoms with E-state index in [9.17, 15) is 36.6 Å². The van der Waals surface area contributed by atoms with Crippen LogP contribution in [0.3, 0.4) is 0 Å². The number of fused-ring (bicyclic) bond motifs is 1. The van der Waals surface area contributed by atoms with Crippen molar-refractivity contribution in [3.05, 3.63) is 63.6 Å². The number of nitrogens with zero attached hydrogens (tertiary/aromatic N) is 3. The molecule has 1 aliphatic heterocycles. The van der Waals surface area contributed by atoms with E-state index in [1.807, 2.05) is 0 Å². The zero-order chi connectivity index (χ0) is 26.4. The van der Waals surface area contributed by atoms with Gasteiger partial charge in [0.2, 0.25) is 0 Å². The summed E-state index contributed by atoms with van der Waals surface area (Å²) in [5.74, 6) is -6.66. The van der Waals surface area contributed by atoms with Gasteiger partial charge < -0.3 is 15.2 Å². The fourth-order valence-electron chi connectivity index (χ4n) is 3.65. The van der Waals surface area contributed by atoms with Gasteiger partial charge in [0.05, 0.1) is 5.56 Å². The van der Waals surface area contributed by atoms with Crippen LogP contribution in [0.15, 0.2) is 29.1 Å². The van der Waals surface area contributed by atoms with Crippen LogP contribution in [-0.4, -0.2) is 37.6 Å². The lowest BCUT2D eigenvalue weighted by atomic mass is 10.1. The Morgan fingerprint density at radius 2 is 1.78 bits per heavy atom. The quantitative estimate of drug-likeness (QED) is 0.394. The molecular weight excluding hydrogens is 498 g/mol. The van der Waals surface area contributed by atoms with E-state index in [2.05, 4.69) is 5.10 Å². The molecule has 0 saturated carbocycles. The molecule has 0 aliphatic carbocycles. The van der Waals surface area contributed by atoms with E-state index in [1.54, 1.807) is 5.32 Å². The molecule has 0 saturated heterocycles. The summed E-state index contributed by atoms with van der Waals surface area (Å²) in [5.41, 5.74) is -3.18. The molecule has 2 aromatic carbocycles. The van der Waals surface area contributed by atoms with Crippen LogP contribution in [0.1, 0.15) is 35.9 Å². The molecule has 36 heavy (non-hydrogen) atoms. The van der Waals surface area contributed by atoms with Crippen LogP contribution >= 0.6 is 0 Å². The fraction of sp³-hybridized carbons (Fsp3) is 0.318. The first-order valence-corrected chi connectivity index (χ1v) is 10.6. The summed E-state index contributed by atoms with van der Waals surface area (Å²) in [7, 11) is 0. The summed E-state index contributed by atoms with van der Waals surface area (Å²) in [6, 6.07) is 2.14. The number of amides is 1. The van der Waals surface area contributed by atoms with E-state index < -0.39 is 69.8 Å². The third-order valence-corrected chi connectivity index (χ3v) is 5.52. The normalized spacial score (nSPS) is 14.3. The predicted molar refractivity (Wildman–Crippen MR) is 113 cm³/mol. The number of rotatable bonds is 5. The molecule has 1 aliphatic rings. The number of ether oxygens (including phenoxy) is 1. The summed E-state index contributed by atoms with van der Waals surface area (Å²) in [4.78, 5) is 25.5. The molecule has 192 valence electrons. The zero-order valence-electron chi connectivity index (χ0n) is 18.5. The summed E-state index contributed by atoms with van der Waals surface area (Å²) in [6.45, 7) is 0.958. The molecule has 1 amide bonds. The average molecular weight is 516 g/mol. The Labute approximate surface area is 198 Å². The van der Waals surface area contributed by atoms with Crippen molar-refractivity contribution in [2.75, 3.05) is 5.32 Å². The number of aryl methyl sites for hydroxylation is 1. The minimum atomic E-state index is -4.89. The zero-order valence-corrected chi connectivity index (χ0v) is 18.5. The number of benzene rings is 2. The molecule has 0 bridgehead atoms. The first-order chi connectivity index (χ1) is 16.9. The number of phenols is 1. The standard InChI is InChI=1S/C22H18F6N4O4/c1-10(22(26,27)28)36-17-9-16(32-21(35)31-5-3-2-4-18(31)30-32)13(23)8-12(17)20(34)29-19-14(24)6-11(33)7-15(19)25/h6-10,33H,2-5H2,1H3,(H,29,34)/t10-/m0/s1. The van der Waals surface area contributed by atoms with Crippen molar-refractivity contribution in [1.29, 1.82) is 0 Å². The van der Waals surface area contributed by atoms with Crippen LogP contribution in [0.4, 0.5) is 32.0 Å². The molecule has 0 unspecified atom stereocenters. The second-order valence-corrected chi connectivity index (χ2v) is 8.06. The lowest BCUT2D eigenvalue weighted by molar-refractivity contribution is -0.189. The highest BCUT2D eigenvalue weighted by Crippen LogP contribution is 2.32. The molecule has 2 heterocycles. The number of carbonyl (C=O) groups is 1. The van der Waals surface area contributed by atoms with Crippen LogP contribution in [0.25, 0.3) is 5.69 Å². The Morgan fingerprint density at radius 3 is 2.39 bits per heavy atom. The summed E-state index contributed by atoms with van der Waals surface area (Å²) in [5, 5.41) is 15.1. The number of aromatic hydroxyl groups is 1. The van der Waals surface area contributed by atoms with Gasteiger partial charge in [-0.1, -0.05) is 0 Å². The van der Waals surface area contributed by atoms with Gasteiger partial charge in [-0.3, -0.25) is 9.36 Å². The van der Waals surface area contributed by atoms with Crippen LogP contribution in [0.5, 0.6) is 11.5 Å². The fourth-order valence-corrected chi connectivity index (χ4v) is 3.65. The number of hydrogen-bond acceptors (Lipinski definition) is 5. The Kier molecular flexibility index (Phi) is 6.45. The molecule has 3 aromatic rings. The number of carbonyl (C=O) groups excluding carboxylic acids is 1. The van der Waals surface area contributed by atoms with E-state index in [0.717, 1.165) is 6.42 Å². The Bertz CT molecular complexity index is 1380. The number of anilines is 1. The smallest absolute Gasteiger partial charge is 0.425 e. The molecule has 2 N–H and O–H groups in total. The Hall–Kier alpha value is -3.97. The van der Waals surface area contributed by atoms with Crippen molar-refractivity contribution in [2.24, 2.45) is 0 Å². The SMILES string of the molecule is C[C@H](Oc1cc(-n2nc3n(c2=O)CCCC3)c(F)cc1C(=O)Nc1c(F)cc(O)cc1F)C(F)(F)F. The molecule has 8 nitrogen and oxygen atoms in total. The molecule has 0 fully saturated rings. The number of aromatic nitrogens is 3. The van der Waals surface area contributed by atoms with E-state index >= 15 is 4.39 Å². The van der Waals surface area contributed by atoms with Gasteiger partial charge in [0.1, 0.15) is 34.5 Å². The topological polar surface area (TPSA) is 98.4 Å². The Morgan fingerprint density at radius 1 is 1.11 bits per heavy atom. The Balaban J connectivity index is 1.80. The first kappa shape index (κ1) is 25.1. The van der Waals surface area contributed by atoms with Gasteiger partial charge in [-0.2, -0.15) is 17.9 Å². The van der Waals surface area contributed by atoms with Gasteiger partial charge in [-0.05, 0) is 25.8 Å². The highest BCUT2D eigenvalue weighted by Gasteiger charge is 2.39. The molecule has 14 heteroatoms. The minimum absolute atomic E-state index is 0.328. The van der Waals surface area contributed by atoms with Gasteiger partial charge in [0, 0.05) is 31.2 Å². The highest BCUT2D eigenvalue weighted by molar-refractivity contribution is 6.06. The van der Waals surface area contributed by atoms with E-state index in [1.165, 1.54) is 4.57 Å². The average Bonchev–Trinajstić information content (AvgIpc) is 3.12. The summed E-state index contributed by atoms with van der Waals surface area (Å²) in [6.07, 6.45) is -5.51. The highest BCUT2D eigenvalue weighted by atomic mass is 19.4. The molecule has 4 rings (SSSR count). The predicted octanol–water partition coefficient (Wildman–Crippen LogP) is 4.08. The maximum absolute atomic E-state index is 15.1. The van der Waals surface area contributed by atoms with Crippen molar-refractivity contribution in [1.82, 2.24) is 14.3 Å². The van der Waals surface area contributed by atoms with Gasteiger partial charge in [-0.25, -0.2) is 18.0 Å². The van der Waals surface area contributed by atoms with Crippen molar-refractivity contribution in [3.63, 3.8) is 0 Å². The van der Waals surface area contributed by atoms with Crippen LogP contribution in [0, 0.1) is 17.5 Å². The van der Waals surface area contributed by atoms with Gasteiger partial charge >= 0.3 is 11.9 Å². The van der Waals surface area contributed by atoms with Gasteiger partial charge in [0.15, 0.2) is 17.7 Å². The molecule has 0 spiro atoms. The van der Waals surface area contributed by atoms with Crippen molar-refractivity contribution in [3.8, 4) is 17.2 Å². The van der Waals surface area contributed by atoms with Crippen molar-refractivity contribution < 1.29 is 41.0 Å². The first-order valence-electron chi connectivity index (χ1n) is 10.6. The van der Waals surface area contributed by atoms with Crippen LogP contribution < -0.4 is 15.7 Å². The maximum atomic E-state index is 15.1. The number of alkyl halides is 3. The number of halogens is 6. The summed E-state index contributed by atoms with van der Waals surface area (Å²) >= 11 is 0. The number of nitrogens with one attached hydrogen (secondary N) is 1. The lowest BCUT2D eigenvalue weighted by Crippen LogP contribution is -2.32.